The van der Waals surface area contributed by atoms with Gasteiger partial charge in [0.1, 0.15) is 0 Å². The quantitative estimate of drug-likeness (QED) is 0.652. The molecule has 1 aliphatic rings. The highest BCUT2D eigenvalue weighted by atomic mass is 16.8. The highest BCUT2D eigenvalue weighted by Gasteiger charge is 2.15. The summed E-state index contributed by atoms with van der Waals surface area (Å²) in [5.41, 5.74) is 2.18. The van der Waals surface area contributed by atoms with E-state index in [0.717, 1.165) is 19.3 Å². The van der Waals surface area contributed by atoms with Crippen LogP contribution in [-0.2, 0) is 19.2 Å². The maximum absolute atomic E-state index is 11.0. The van der Waals surface area contributed by atoms with Crippen LogP contribution in [0.1, 0.15) is 32.1 Å². The molecule has 2 N–H and O–H groups in total. The minimum Gasteiger partial charge on any atom is -0.481 e. The zero-order chi connectivity index (χ0) is 11.1. The molecule has 0 aromatic rings. The van der Waals surface area contributed by atoms with E-state index in [-0.39, 0.29) is 12.8 Å². The molecule has 0 aromatic heterocycles. The fraction of sp³-hybridized carbons (Fsp3) is 0.778. The molecule has 6 nitrogen and oxygen atoms in total. The van der Waals surface area contributed by atoms with Gasteiger partial charge in [-0.15, -0.1) is 0 Å². The van der Waals surface area contributed by atoms with Crippen molar-refractivity contribution in [2.24, 2.45) is 0 Å². The van der Waals surface area contributed by atoms with Gasteiger partial charge in [0.15, 0.2) is 6.29 Å². The van der Waals surface area contributed by atoms with Crippen molar-refractivity contribution in [1.29, 1.82) is 0 Å². The molecule has 15 heavy (non-hydrogen) atoms. The lowest BCUT2D eigenvalue weighted by Crippen LogP contribution is -2.33. The highest BCUT2D eigenvalue weighted by molar-refractivity contribution is 5.79. The first kappa shape index (κ1) is 11.9. The Bertz CT molecular complexity index is 225. The molecule has 1 fully saturated rings. The van der Waals surface area contributed by atoms with Gasteiger partial charge in [0.25, 0.3) is 0 Å². The topological polar surface area (TPSA) is 84.9 Å². The SMILES string of the molecule is O=C(O)CCC(=O)NOC1CCCCO1. The van der Waals surface area contributed by atoms with E-state index in [2.05, 4.69) is 5.48 Å². The van der Waals surface area contributed by atoms with Crippen LogP contribution in [0, 0.1) is 0 Å². The smallest absolute Gasteiger partial charge is 0.303 e. The van der Waals surface area contributed by atoms with Gasteiger partial charge in [-0.1, -0.05) is 0 Å². The number of carbonyl (C=O) groups is 2. The Balaban J connectivity index is 2.07. The predicted octanol–water partition coefficient (Wildman–Crippen LogP) is 0.426. The molecule has 0 aliphatic carbocycles. The standard InChI is InChI=1S/C9H15NO5/c11-7(4-5-8(12)13)10-15-9-3-1-2-6-14-9/h9H,1-6H2,(H,10,11)(H,12,13). The normalized spacial score (nSPS) is 20.9. The van der Waals surface area contributed by atoms with Gasteiger partial charge in [0.05, 0.1) is 6.42 Å². The van der Waals surface area contributed by atoms with Crippen molar-refractivity contribution in [2.45, 2.75) is 38.4 Å². The maximum atomic E-state index is 11.0. The second-order valence-corrected chi connectivity index (χ2v) is 3.33. The lowest BCUT2D eigenvalue weighted by atomic mass is 10.2. The third-order valence-electron chi connectivity index (χ3n) is 2.01. The Morgan fingerprint density at radius 1 is 1.40 bits per heavy atom. The fourth-order valence-corrected chi connectivity index (χ4v) is 1.21. The van der Waals surface area contributed by atoms with E-state index in [0.29, 0.717) is 6.61 Å². The summed E-state index contributed by atoms with van der Waals surface area (Å²) in [7, 11) is 0. The summed E-state index contributed by atoms with van der Waals surface area (Å²) in [5.74, 6) is -1.44. The summed E-state index contributed by atoms with van der Waals surface area (Å²) in [6, 6.07) is 0. The van der Waals surface area contributed by atoms with Crippen LogP contribution in [0.2, 0.25) is 0 Å². The number of rotatable bonds is 5. The van der Waals surface area contributed by atoms with Crippen LogP contribution < -0.4 is 5.48 Å². The number of carboxylic acid groups (broad SMARTS) is 1. The van der Waals surface area contributed by atoms with Gasteiger partial charge in [-0.25, -0.2) is 10.3 Å². The summed E-state index contributed by atoms with van der Waals surface area (Å²) in [6.07, 6.45) is 2.09. The minimum atomic E-state index is -1.00. The average Bonchev–Trinajstić information content (AvgIpc) is 2.25. The first-order chi connectivity index (χ1) is 7.18. The summed E-state index contributed by atoms with van der Waals surface area (Å²) < 4.78 is 5.20. The van der Waals surface area contributed by atoms with Crippen molar-refractivity contribution in [1.82, 2.24) is 5.48 Å². The number of carbonyl (C=O) groups excluding carboxylic acids is 1. The second-order valence-electron chi connectivity index (χ2n) is 3.33. The maximum Gasteiger partial charge on any atom is 0.303 e. The number of aliphatic carboxylic acids is 1. The third kappa shape index (κ3) is 5.34. The molecule has 0 radical (unpaired) electrons. The number of carboxylic acids is 1. The number of ether oxygens (including phenoxy) is 1. The fourth-order valence-electron chi connectivity index (χ4n) is 1.21. The van der Waals surface area contributed by atoms with Crippen LogP contribution in [-0.4, -0.2) is 29.9 Å². The molecular formula is C9H15NO5. The number of nitrogens with one attached hydrogen (secondary N) is 1. The third-order valence-corrected chi connectivity index (χ3v) is 2.01. The summed E-state index contributed by atoms with van der Waals surface area (Å²) in [4.78, 5) is 26.2. The molecule has 1 unspecified atom stereocenters. The van der Waals surface area contributed by atoms with Crippen LogP contribution in [0.3, 0.4) is 0 Å². The molecule has 0 saturated carbocycles. The summed E-state index contributed by atoms with van der Waals surface area (Å²) >= 11 is 0. The van der Waals surface area contributed by atoms with Gasteiger partial charge in [0, 0.05) is 19.4 Å². The summed E-state index contributed by atoms with van der Waals surface area (Å²) in [6.45, 7) is 0.635. The number of amides is 1. The van der Waals surface area contributed by atoms with E-state index in [4.69, 9.17) is 14.7 Å². The van der Waals surface area contributed by atoms with Gasteiger partial charge in [-0.3, -0.25) is 9.59 Å². The average molecular weight is 217 g/mol. The van der Waals surface area contributed by atoms with Gasteiger partial charge >= 0.3 is 5.97 Å². The van der Waals surface area contributed by atoms with Crippen LogP contribution >= 0.6 is 0 Å². The van der Waals surface area contributed by atoms with E-state index >= 15 is 0 Å². The van der Waals surface area contributed by atoms with Crippen LogP contribution in [0.5, 0.6) is 0 Å². The molecule has 86 valence electrons. The van der Waals surface area contributed by atoms with Crippen molar-refractivity contribution in [3.05, 3.63) is 0 Å². The molecular weight excluding hydrogens is 202 g/mol. The van der Waals surface area contributed by atoms with Gasteiger partial charge in [0.2, 0.25) is 5.91 Å². The molecule has 0 bridgehead atoms. The molecule has 0 aromatic carbocycles. The molecule has 1 heterocycles. The van der Waals surface area contributed by atoms with E-state index in [1.807, 2.05) is 0 Å². The molecule has 1 saturated heterocycles. The van der Waals surface area contributed by atoms with Crippen LogP contribution in [0.25, 0.3) is 0 Å². The first-order valence-corrected chi connectivity index (χ1v) is 4.96. The Kier molecular flexibility index (Phi) is 5.06. The first-order valence-electron chi connectivity index (χ1n) is 4.96. The molecule has 1 amide bonds. The Hall–Kier alpha value is -1.14. The van der Waals surface area contributed by atoms with Crippen molar-refractivity contribution in [3.8, 4) is 0 Å². The minimum absolute atomic E-state index is 0.0813. The number of hydroxylamine groups is 1. The lowest BCUT2D eigenvalue weighted by Gasteiger charge is -2.21. The second kappa shape index (κ2) is 6.36. The number of hydrogen-bond donors (Lipinski definition) is 2. The Labute approximate surface area is 87.5 Å². The molecule has 1 atom stereocenters. The predicted molar refractivity (Wildman–Crippen MR) is 49.7 cm³/mol. The zero-order valence-electron chi connectivity index (χ0n) is 8.40. The van der Waals surface area contributed by atoms with Crippen molar-refractivity contribution in [3.63, 3.8) is 0 Å². The van der Waals surface area contributed by atoms with Crippen molar-refractivity contribution >= 4 is 11.9 Å². The van der Waals surface area contributed by atoms with Gasteiger partial charge < -0.3 is 9.84 Å². The van der Waals surface area contributed by atoms with Crippen LogP contribution in [0.4, 0.5) is 0 Å². The summed E-state index contributed by atoms with van der Waals surface area (Å²) in [5, 5.41) is 8.33. The van der Waals surface area contributed by atoms with Gasteiger partial charge in [-0.2, -0.15) is 0 Å². The van der Waals surface area contributed by atoms with Gasteiger partial charge in [-0.05, 0) is 12.8 Å². The van der Waals surface area contributed by atoms with E-state index < -0.39 is 18.2 Å². The zero-order valence-corrected chi connectivity index (χ0v) is 8.40. The lowest BCUT2D eigenvalue weighted by molar-refractivity contribution is -0.200. The number of hydrogen-bond acceptors (Lipinski definition) is 4. The van der Waals surface area contributed by atoms with E-state index in [1.54, 1.807) is 0 Å². The molecule has 6 heteroatoms. The highest BCUT2D eigenvalue weighted by Crippen LogP contribution is 2.12. The monoisotopic (exact) mass is 217 g/mol. The van der Waals surface area contributed by atoms with Crippen LogP contribution in [0.15, 0.2) is 0 Å². The van der Waals surface area contributed by atoms with E-state index in [1.165, 1.54) is 0 Å². The van der Waals surface area contributed by atoms with E-state index in [9.17, 15) is 9.59 Å². The Morgan fingerprint density at radius 3 is 2.80 bits per heavy atom. The van der Waals surface area contributed by atoms with Crippen molar-refractivity contribution < 1.29 is 24.3 Å². The molecule has 0 spiro atoms. The molecule has 1 rings (SSSR count). The van der Waals surface area contributed by atoms with Crippen molar-refractivity contribution in [2.75, 3.05) is 6.61 Å². The largest absolute Gasteiger partial charge is 0.481 e. The molecule has 1 aliphatic heterocycles. The Morgan fingerprint density at radius 2 is 2.20 bits per heavy atom.